The van der Waals surface area contributed by atoms with Gasteiger partial charge in [0.15, 0.2) is 11.5 Å². The summed E-state index contributed by atoms with van der Waals surface area (Å²) in [5, 5.41) is 9.03. The molecular weight excluding hydrogens is 505 g/mol. The molecule has 1 N–H and O–H groups in total. The first-order valence-corrected chi connectivity index (χ1v) is 11.0. The Balaban J connectivity index is 1.81. The monoisotopic (exact) mass is 529 g/mol. The van der Waals surface area contributed by atoms with Crippen molar-refractivity contribution in [2.24, 2.45) is 4.99 Å². The van der Waals surface area contributed by atoms with Crippen LogP contribution >= 0.6 is 22.6 Å². The lowest BCUT2D eigenvalue weighted by Crippen LogP contribution is -2.03. The molecule has 3 rings (SSSR count). The van der Waals surface area contributed by atoms with Crippen LogP contribution in [0.1, 0.15) is 39.5 Å². The highest BCUT2D eigenvalue weighted by molar-refractivity contribution is 14.1. The Kier molecular flexibility index (Phi) is 7.68. The summed E-state index contributed by atoms with van der Waals surface area (Å²) in [6.07, 6.45) is 1.83. The highest BCUT2D eigenvalue weighted by atomic mass is 127. The normalized spacial score (nSPS) is 11.0. The summed E-state index contributed by atoms with van der Waals surface area (Å²) in [6, 6.07) is 16.7. The lowest BCUT2D eigenvalue weighted by Gasteiger charge is -2.15. The fourth-order valence-corrected chi connectivity index (χ4v) is 3.84. The molecule has 3 aromatic carbocycles. The smallest absolute Gasteiger partial charge is 0.335 e. The van der Waals surface area contributed by atoms with Crippen molar-refractivity contribution in [3.63, 3.8) is 0 Å². The molecule has 0 radical (unpaired) electrons. The van der Waals surface area contributed by atoms with Crippen LogP contribution in [-0.2, 0) is 6.61 Å². The second-order valence-corrected chi connectivity index (χ2v) is 8.26. The molecule has 0 saturated heterocycles. The van der Waals surface area contributed by atoms with E-state index >= 15 is 0 Å². The molecule has 3 aromatic rings. The molecule has 0 aliphatic carbocycles. The number of benzene rings is 3. The number of aliphatic imine (C=N–C) groups is 1. The van der Waals surface area contributed by atoms with E-state index in [0.29, 0.717) is 24.7 Å². The molecular formula is C25H24INO4. The van der Waals surface area contributed by atoms with Crippen molar-refractivity contribution in [3.8, 4) is 11.5 Å². The first-order valence-electron chi connectivity index (χ1n) is 9.90. The third-order valence-corrected chi connectivity index (χ3v) is 5.42. The summed E-state index contributed by atoms with van der Waals surface area (Å²) in [5.41, 5.74) is 5.33. The van der Waals surface area contributed by atoms with E-state index < -0.39 is 5.97 Å². The van der Waals surface area contributed by atoms with Gasteiger partial charge in [-0.2, -0.15) is 0 Å². The molecule has 0 unspecified atom stereocenters. The Morgan fingerprint density at radius 3 is 2.45 bits per heavy atom. The van der Waals surface area contributed by atoms with Crippen LogP contribution in [0.15, 0.2) is 59.6 Å². The quantitative estimate of drug-likeness (QED) is 0.274. The van der Waals surface area contributed by atoms with Gasteiger partial charge in [-0.25, -0.2) is 4.79 Å². The number of aromatic carboxylic acids is 1. The lowest BCUT2D eigenvalue weighted by atomic mass is 10.1. The third-order valence-electron chi connectivity index (χ3n) is 4.62. The van der Waals surface area contributed by atoms with Gasteiger partial charge in [0.1, 0.15) is 6.61 Å². The maximum Gasteiger partial charge on any atom is 0.335 e. The van der Waals surface area contributed by atoms with Crippen LogP contribution in [-0.4, -0.2) is 23.9 Å². The largest absolute Gasteiger partial charge is 0.490 e. The van der Waals surface area contributed by atoms with E-state index in [0.717, 1.165) is 25.9 Å². The van der Waals surface area contributed by atoms with E-state index in [-0.39, 0.29) is 5.56 Å². The number of nitrogens with zero attached hydrogens (tertiary/aromatic N) is 1. The van der Waals surface area contributed by atoms with E-state index in [1.54, 1.807) is 24.3 Å². The van der Waals surface area contributed by atoms with Crippen LogP contribution in [0.25, 0.3) is 0 Å². The molecule has 0 amide bonds. The van der Waals surface area contributed by atoms with Crippen molar-refractivity contribution in [1.29, 1.82) is 0 Å². The van der Waals surface area contributed by atoms with Gasteiger partial charge in [-0.05, 0) is 90.4 Å². The molecule has 0 bridgehead atoms. The van der Waals surface area contributed by atoms with E-state index in [1.165, 1.54) is 5.56 Å². The maximum atomic E-state index is 11.0. The van der Waals surface area contributed by atoms with Crippen LogP contribution in [0.4, 0.5) is 5.69 Å². The highest BCUT2D eigenvalue weighted by Crippen LogP contribution is 2.35. The molecule has 160 valence electrons. The van der Waals surface area contributed by atoms with Gasteiger partial charge in [0, 0.05) is 6.21 Å². The van der Waals surface area contributed by atoms with Crippen molar-refractivity contribution >= 4 is 40.5 Å². The highest BCUT2D eigenvalue weighted by Gasteiger charge is 2.12. The average Bonchev–Trinajstić information content (AvgIpc) is 2.73. The number of carboxylic acids is 1. The number of carboxylic acid groups (broad SMARTS) is 1. The van der Waals surface area contributed by atoms with Crippen molar-refractivity contribution in [1.82, 2.24) is 0 Å². The molecule has 0 atom stereocenters. The van der Waals surface area contributed by atoms with Crippen molar-refractivity contribution in [3.05, 3.63) is 86.0 Å². The molecule has 0 saturated carbocycles. The fourth-order valence-electron chi connectivity index (χ4n) is 3.06. The lowest BCUT2D eigenvalue weighted by molar-refractivity contribution is 0.0697. The van der Waals surface area contributed by atoms with E-state index in [9.17, 15) is 4.79 Å². The second kappa shape index (κ2) is 10.4. The molecule has 0 aliphatic heterocycles. The predicted octanol–water partition coefficient (Wildman–Crippen LogP) is 6.33. The molecule has 0 spiro atoms. The number of carbonyl (C=O) groups is 1. The fraction of sp³-hybridized carbons (Fsp3) is 0.200. The zero-order valence-electron chi connectivity index (χ0n) is 17.7. The summed E-state index contributed by atoms with van der Waals surface area (Å²) in [4.78, 5) is 15.6. The molecule has 0 heterocycles. The topological polar surface area (TPSA) is 68.1 Å². The van der Waals surface area contributed by atoms with Crippen LogP contribution < -0.4 is 9.47 Å². The SMILES string of the molecule is CCOc1cc(C=Nc2ccc(C)cc2C)cc(I)c1OCc1ccc(C(=O)O)cc1. The van der Waals surface area contributed by atoms with Gasteiger partial charge in [0.05, 0.1) is 21.4 Å². The van der Waals surface area contributed by atoms with Gasteiger partial charge >= 0.3 is 5.97 Å². The first kappa shape index (κ1) is 22.8. The van der Waals surface area contributed by atoms with Gasteiger partial charge < -0.3 is 14.6 Å². The van der Waals surface area contributed by atoms with Crippen molar-refractivity contribution < 1.29 is 19.4 Å². The number of ether oxygens (including phenoxy) is 2. The Hall–Kier alpha value is -2.87. The van der Waals surface area contributed by atoms with Crippen LogP contribution in [0.2, 0.25) is 0 Å². The number of rotatable bonds is 8. The Morgan fingerprint density at radius 1 is 1.06 bits per heavy atom. The van der Waals surface area contributed by atoms with Crippen molar-refractivity contribution in [2.75, 3.05) is 6.61 Å². The van der Waals surface area contributed by atoms with Crippen LogP contribution in [0.5, 0.6) is 11.5 Å². The van der Waals surface area contributed by atoms with E-state index in [1.807, 2.05) is 31.3 Å². The van der Waals surface area contributed by atoms with E-state index in [2.05, 4.69) is 53.6 Å². The molecule has 5 nitrogen and oxygen atoms in total. The first-order chi connectivity index (χ1) is 14.9. The van der Waals surface area contributed by atoms with Gasteiger partial charge in [-0.15, -0.1) is 0 Å². The molecule has 31 heavy (non-hydrogen) atoms. The molecule has 0 fully saturated rings. The summed E-state index contributed by atoms with van der Waals surface area (Å²) in [6.45, 7) is 6.87. The van der Waals surface area contributed by atoms with Gasteiger partial charge in [-0.1, -0.05) is 29.8 Å². The summed E-state index contributed by atoms with van der Waals surface area (Å²) >= 11 is 2.23. The van der Waals surface area contributed by atoms with Crippen LogP contribution in [0.3, 0.4) is 0 Å². The summed E-state index contributed by atoms with van der Waals surface area (Å²) in [5.74, 6) is 0.366. The number of hydrogen-bond acceptors (Lipinski definition) is 4. The summed E-state index contributed by atoms with van der Waals surface area (Å²) in [7, 11) is 0. The standard InChI is InChI=1S/C25H24INO4/c1-4-30-23-13-19(14-27-22-10-5-16(2)11-17(22)3)12-21(26)24(23)31-15-18-6-8-20(9-7-18)25(28)29/h5-14H,4,15H2,1-3H3,(H,28,29). The Bertz CT molecular complexity index is 1110. The minimum Gasteiger partial charge on any atom is -0.490 e. The van der Waals surface area contributed by atoms with Gasteiger partial charge in [-0.3, -0.25) is 4.99 Å². The van der Waals surface area contributed by atoms with Gasteiger partial charge in [0.2, 0.25) is 0 Å². The maximum absolute atomic E-state index is 11.0. The zero-order chi connectivity index (χ0) is 22.4. The number of aryl methyl sites for hydroxylation is 2. The Labute approximate surface area is 195 Å². The average molecular weight is 529 g/mol. The third kappa shape index (κ3) is 6.07. The second-order valence-electron chi connectivity index (χ2n) is 7.10. The number of hydrogen-bond donors (Lipinski definition) is 1. The Morgan fingerprint density at radius 2 is 1.81 bits per heavy atom. The van der Waals surface area contributed by atoms with E-state index in [4.69, 9.17) is 14.6 Å². The van der Waals surface area contributed by atoms with Crippen molar-refractivity contribution in [2.45, 2.75) is 27.4 Å². The molecule has 0 aromatic heterocycles. The molecule has 6 heteroatoms. The zero-order valence-corrected chi connectivity index (χ0v) is 19.8. The minimum absolute atomic E-state index is 0.251. The minimum atomic E-state index is -0.946. The number of halogens is 1. The van der Waals surface area contributed by atoms with Crippen LogP contribution in [0, 0.1) is 17.4 Å². The summed E-state index contributed by atoms with van der Waals surface area (Å²) < 4.78 is 12.8. The molecule has 0 aliphatic rings. The van der Waals surface area contributed by atoms with Gasteiger partial charge in [0.25, 0.3) is 0 Å². The predicted molar refractivity (Wildman–Crippen MR) is 131 cm³/mol.